The maximum absolute atomic E-state index is 13.0. The summed E-state index contributed by atoms with van der Waals surface area (Å²) >= 11 is 0. The van der Waals surface area contributed by atoms with E-state index in [4.69, 9.17) is 18.9 Å². The number of rotatable bonds is 71. The topological polar surface area (TPSA) is 108 Å². The second-order valence-electron chi connectivity index (χ2n) is 26.9. The standard InChI is InChI=1S/C84H145NO8/c1-6-8-10-12-14-16-18-20-22-24-26-28-30-32-34-36-38-40-41-43-45-47-49-51-53-55-57-59-61-63-65-67-69-71-73-75-82(87)93-80(79-92-84(83(88)89)90-77-76-85(3,4)5)78-91-81(86)74-72-70-68-66-64-62-60-58-56-54-52-50-48-46-44-42-39-37-35-33-31-29-27-25-23-21-19-17-15-13-11-9-7-2/h8-11,14-17,20-23,26-29,32,34,38,40,80,84H,6-7,12-13,18-19,24-25,30-31,33,35-37,39,41-79H2,1-5H3/p+1/b10-8-,11-9-,16-14-,17-15-,22-20-,23-21-,28-26-,29-27-,34-32-,40-38-. The van der Waals surface area contributed by atoms with Gasteiger partial charge in [-0.2, -0.15) is 0 Å². The van der Waals surface area contributed by atoms with Crippen LogP contribution in [-0.2, 0) is 33.3 Å². The van der Waals surface area contributed by atoms with E-state index in [0.717, 1.165) is 103 Å². The van der Waals surface area contributed by atoms with Gasteiger partial charge < -0.3 is 28.5 Å². The van der Waals surface area contributed by atoms with E-state index in [-0.39, 0.29) is 32.2 Å². The molecule has 0 spiro atoms. The van der Waals surface area contributed by atoms with Gasteiger partial charge >= 0.3 is 17.9 Å². The number of esters is 2. The Kier molecular flexibility index (Phi) is 70.1. The highest BCUT2D eigenvalue weighted by Crippen LogP contribution is 2.18. The predicted octanol–water partition coefficient (Wildman–Crippen LogP) is 24.7. The van der Waals surface area contributed by atoms with Crippen LogP contribution in [0.3, 0.4) is 0 Å². The number of ether oxygens (including phenoxy) is 4. The third-order valence-electron chi connectivity index (χ3n) is 16.7. The Balaban J connectivity index is 4.04. The summed E-state index contributed by atoms with van der Waals surface area (Å²) in [7, 11) is 5.99. The van der Waals surface area contributed by atoms with Crippen LogP contribution in [0.15, 0.2) is 122 Å². The Bertz CT molecular complexity index is 1950. The number of carboxylic acid groups (broad SMARTS) is 1. The fraction of sp³-hybridized carbons (Fsp3) is 0.726. The van der Waals surface area contributed by atoms with Crippen molar-refractivity contribution in [2.45, 2.75) is 347 Å². The predicted molar refractivity (Wildman–Crippen MR) is 401 cm³/mol. The number of nitrogens with zero attached hydrogens (tertiary/aromatic N) is 1. The molecule has 534 valence electrons. The number of quaternary nitrogens is 1. The SMILES string of the molecule is CC/C=C\C/C=C\C/C=C\C/C=C\C/C=C\C/C=C\CCCCCCCCCCCCCCCCCCC(=O)OC(COC(=O)CCCCCCCCCCCCCCCCCCCCCC/C=C\C/C=C\C/C=C\C/C=C\CC)COC(OCC[N+](C)(C)C)C(=O)O. The van der Waals surface area contributed by atoms with Gasteiger partial charge in [0, 0.05) is 12.8 Å². The summed E-state index contributed by atoms with van der Waals surface area (Å²) in [5.41, 5.74) is 0. The minimum atomic E-state index is -1.51. The number of allylic oxidation sites excluding steroid dienone is 20. The van der Waals surface area contributed by atoms with Gasteiger partial charge in [0.05, 0.1) is 34.4 Å². The number of likely N-dealkylation sites (N-methyl/N-ethyl adjacent to an activating group) is 1. The van der Waals surface area contributed by atoms with E-state index in [1.54, 1.807) is 0 Å². The van der Waals surface area contributed by atoms with Gasteiger partial charge in [0.25, 0.3) is 6.29 Å². The van der Waals surface area contributed by atoms with Crippen LogP contribution in [0.5, 0.6) is 0 Å². The average Bonchev–Trinajstić information content (AvgIpc) is 3.74. The third-order valence-corrected chi connectivity index (χ3v) is 16.7. The van der Waals surface area contributed by atoms with Crippen LogP contribution in [0.25, 0.3) is 0 Å². The molecule has 9 nitrogen and oxygen atoms in total. The number of hydrogen-bond acceptors (Lipinski definition) is 7. The normalized spacial score (nSPS) is 13.3. The number of carbonyl (C=O) groups excluding carboxylic acids is 2. The minimum Gasteiger partial charge on any atom is -0.477 e. The molecule has 0 rings (SSSR count). The summed E-state index contributed by atoms with van der Waals surface area (Å²) < 4.78 is 23.0. The van der Waals surface area contributed by atoms with Crippen LogP contribution in [0.2, 0.25) is 0 Å². The highest BCUT2D eigenvalue weighted by atomic mass is 16.7. The van der Waals surface area contributed by atoms with Crippen molar-refractivity contribution in [1.29, 1.82) is 0 Å². The maximum atomic E-state index is 13.0. The number of carboxylic acids is 1. The lowest BCUT2D eigenvalue weighted by Gasteiger charge is -2.25. The van der Waals surface area contributed by atoms with E-state index in [1.165, 1.54) is 205 Å². The maximum Gasteiger partial charge on any atom is 0.361 e. The van der Waals surface area contributed by atoms with Crippen LogP contribution in [0, 0.1) is 0 Å². The molecule has 1 N–H and O–H groups in total. The Morgan fingerprint density at radius 3 is 0.860 bits per heavy atom. The second-order valence-corrected chi connectivity index (χ2v) is 26.9. The summed E-state index contributed by atoms with van der Waals surface area (Å²) in [6, 6.07) is 0. The Morgan fingerprint density at radius 2 is 0.581 bits per heavy atom. The van der Waals surface area contributed by atoms with E-state index in [1.807, 2.05) is 21.1 Å². The van der Waals surface area contributed by atoms with Crippen LogP contribution >= 0.6 is 0 Å². The number of aliphatic carboxylic acids is 1. The molecule has 0 saturated carbocycles. The second kappa shape index (κ2) is 73.5. The zero-order valence-corrected chi connectivity index (χ0v) is 61.1. The molecular weight excluding hydrogens is 1150 g/mol. The molecule has 0 bridgehead atoms. The van der Waals surface area contributed by atoms with Crippen molar-refractivity contribution in [3.8, 4) is 0 Å². The van der Waals surface area contributed by atoms with E-state index < -0.39 is 24.3 Å². The lowest BCUT2D eigenvalue weighted by atomic mass is 10.0. The minimum absolute atomic E-state index is 0.183. The molecule has 0 aromatic rings. The summed E-state index contributed by atoms with van der Waals surface area (Å²) in [5.74, 6) is -1.99. The zero-order valence-electron chi connectivity index (χ0n) is 61.1. The van der Waals surface area contributed by atoms with Crippen LogP contribution in [-0.4, -0.2) is 87.4 Å². The highest BCUT2D eigenvalue weighted by Gasteiger charge is 2.25. The first-order chi connectivity index (χ1) is 45.6. The fourth-order valence-corrected chi connectivity index (χ4v) is 10.9. The Morgan fingerprint density at radius 1 is 0.323 bits per heavy atom. The van der Waals surface area contributed by atoms with Gasteiger partial charge in [0.1, 0.15) is 13.2 Å². The van der Waals surface area contributed by atoms with Crippen molar-refractivity contribution in [2.24, 2.45) is 0 Å². The summed E-state index contributed by atoms with van der Waals surface area (Å²) in [6.45, 7) is 4.69. The van der Waals surface area contributed by atoms with Gasteiger partial charge in [0.2, 0.25) is 0 Å². The summed E-state index contributed by atoms with van der Waals surface area (Å²) in [5, 5.41) is 9.77. The molecule has 0 fully saturated rings. The fourth-order valence-electron chi connectivity index (χ4n) is 10.9. The smallest absolute Gasteiger partial charge is 0.361 e. The molecule has 0 aliphatic rings. The molecule has 0 aromatic carbocycles. The van der Waals surface area contributed by atoms with Gasteiger partial charge in [-0.05, 0) is 103 Å². The molecule has 0 aromatic heterocycles. The number of unbranched alkanes of at least 4 members (excludes halogenated alkanes) is 36. The van der Waals surface area contributed by atoms with Crippen molar-refractivity contribution in [1.82, 2.24) is 0 Å². The van der Waals surface area contributed by atoms with Gasteiger partial charge in [-0.15, -0.1) is 0 Å². The van der Waals surface area contributed by atoms with Gasteiger partial charge in [-0.3, -0.25) is 9.59 Å². The largest absolute Gasteiger partial charge is 0.477 e. The van der Waals surface area contributed by atoms with Crippen LogP contribution in [0.1, 0.15) is 335 Å². The van der Waals surface area contributed by atoms with Crippen molar-refractivity contribution in [3.63, 3.8) is 0 Å². The van der Waals surface area contributed by atoms with Crippen molar-refractivity contribution in [2.75, 3.05) is 47.5 Å². The lowest BCUT2D eigenvalue weighted by Crippen LogP contribution is -2.40. The first kappa shape index (κ1) is 88.7. The summed E-state index contributed by atoms with van der Waals surface area (Å²) in [6.07, 6.45) is 102. The van der Waals surface area contributed by atoms with E-state index in [9.17, 15) is 19.5 Å². The molecule has 0 aliphatic heterocycles. The van der Waals surface area contributed by atoms with Gasteiger partial charge in [-0.25, -0.2) is 4.79 Å². The van der Waals surface area contributed by atoms with E-state index in [2.05, 4.69) is 135 Å². The Hall–Kier alpha value is -4.31. The molecule has 9 heteroatoms. The first-order valence-corrected chi connectivity index (χ1v) is 38.7. The quantitative estimate of drug-likeness (QED) is 0.0211. The zero-order chi connectivity index (χ0) is 67.5. The highest BCUT2D eigenvalue weighted by molar-refractivity contribution is 5.71. The molecule has 0 saturated heterocycles. The van der Waals surface area contributed by atoms with Crippen LogP contribution in [0.4, 0.5) is 0 Å². The molecule has 2 atom stereocenters. The first-order valence-electron chi connectivity index (χ1n) is 38.7. The molecule has 0 heterocycles. The monoisotopic (exact) mass is 1300 g/mol. The molecule has 0 radical (unpaired) electrons. The molecule has 0 aliphatic carbocycles. The van der Waals surface area contributed by atoms with E-state index >= 15 is 0 Å². The lowest BCUT2D eigenvalue weighted by molar-refractivity contribution is -0.870. The van der Waals surface area contributed by atoms with Crippen molar-refractivity contribution >= 4 is 17.9 Å². The number of carbonyl (C=O) groups is 3. The Labute approximate surface area is 574 Å². The van der Waals surface area contributed by atoms with Crippen molar-refractivity contribution in [3.05, 3.63) is 122 Å². The molecular formula is C84H146NO8+. The molecule has 2 unspecified atom stereocenters. The van der Waals surface area contributed by atoms with Crippen molar-refractivity contribution < 1.29 is 42.9 Å². The molecule has 93 heavy (non-hydrogen) atoms. The van der Waals surface area contributed by atoms with Gasteiger partial charge in [0.15, 0.2) is 6.10 Å². The van der Waals surface area contributed by atoms with E-state index in [0.29, 0.717) is 17.4 Å². The van der Waals surface area contributed by atoms with Gasteiger partial charge in [-0.1, -0.05) is 341 Å². The summed E-state index contributed by atoms with van der Waals surface area (Å²) in [4.78, 5) is 37.7. The number of hydrogen-bond donors (Lipinski definition) is 1. The average molecular weight is 1300 g/mol. The third kappa shape index (κ3) is 74.9. The van der Waals surface area contributed by atoms with Crippen LogP contribution < -0.4 is 0 Å². The molecule has 0 amide bonds.